The summed E-state index contributed by atoms with van der Waals surface area (Å²) in [6.45, 7) is 7.16. The van der Waals surface area contributed by atoms with Crippen molar-refractivity contribution in [1.82, 2.24) is 9.78 Å². The summed E-state index contributed by atoms with van der Waals surface area (Å²) in [5.41, 5.74) is 1.87. The summed E-state index contributed by atoms with van der Waals surface area (Å²) in [5, 5.41) is 4.50. The first-order valence-corrected chi connectivity index (χ1v) is 7.80. The Morgan fingerprint density at radius 1 is 1.37 bits per heavy atom. The molecule has 1 aliphatic rings. The summed E-state index contributed by atoms with van der Waals surface area (Å²) in [7, 11) is 0. The van der Waals surface area contributed by atoms with Crippen molar-refractivity contribution in [2.45, 2.75) is 65.8 Å². The van der Waals surface area contributed by atoms with E-state index in [-0.39, 0.29) is 5.92 Å². The zero-order valence-electron chi connectivity index (χ0n) is 12.5. The minimum atomic E-state index is 0.227. The molecule has 3 nitrogen and oxygen atoms in total. The van der Waals surface area contributed by atoms with Gasteiger partial charge in [-0.3, -0.25) is 9.48 Å². The molecule has 106 valence electrons. The van der Waals surface area contributed by atoms with Crippen molar-refractivity contribution in [1.29, 1.82) is 0 Å². The monoisotopic (exact) mass is 262 g/mol. The smallest absolute Gasteiger partial charge is 0.183 e. The molecule has 0 amide bonds. The van der Waals surface area contributed by atoms with Crippen LogP contribution < -0.4 is 0 Å². The van der Waals surface area contributed by atoms with Gasteiger partial charge in [-0.15, -0.1) is 0 Å². The Hall–Kier alpha value is -1.12. The maximum Gasteiger partial charge on any atom is 0.183 e. The third-order valence-electron chi connectivity index (χ3n) is 4.48. The zero-order chi connectivity index (χ0) is 13.8. The van der Waals surface area contributed by atoms with Gasteiger partial charge >= 0.3 is 0 Å². The first kappa shape index (κ1) is 14.3. The highest BCUT2D eigenvalue weighted by molar-refractivity contribution is 5.96. The topological polar surface area (TPSA) is 34.9 Å². The largest absolute Gasteiger partial charge is 0.292 e. The summed E-state index contributed by atoms with van der Waals surface area (Å²) in [6.07, 6.45) is 6.74. The normalized spacial score (nSPS) is 23.5. The van der Waals surface area contributed by atoms with Crippen molar-refractivity contribution in [2.24, 2.45) is 11.8 Å². The SMILES string of the molecule is CCc1cc(C(=O)C2CCCC(CC)C2)n(CC)n1. The highest BCUT2D eigenvalue weighted by atomic mass is 16.1. The van der Waals surface area contributed by atoms with E-state index in [1.54, 1.807) is 0 Å². The van der Waals surface area contributed by atoms with E-state index in [1.165, 1.54) is 19.3 Å². The highest BCUT2D eigenvalue weighted by Gasteiger charge is 2.29. The lowest BCUT2D eigenvalue weighted by Crippen LogP contribution is -2.24. The maximum absolute atomic E-state index is 12.7. The summed E-state index contributed by atoms with van der Waals surface area (Å²) in [6, 6.07) is 2.00. The quantitative estimate of drug-likeness (QED) is 0.755. The van der Waals surface area contributed by atoms with Crippen LogP contribution in [0, 0.1) is 11.8 Å². The van der Waals surface area contributed by atoms with Gasteiger partial charge in [0.2, 0.25) is 0 Å². The number of hydrogen-bond donors (Lipinski definition) is 0. The first-order chi connectivity index (χ1) is 9.19. The zero-order valence-corrected chi connectivity index (χ0v) is 12.5. The molecule has 0 aliphatic heterocycles. The van der Waals surface area contributed by atoms with Crippen molar-refractivity contribution >= 4 is 5.78 Å². The Morgan fingerprint density at radius 2 is 2.16 bits per heavy atom. The number of carbonyl (C=O) groups excluding carboxylic acids is 1. The molecule has 1 aromatic heterocycles. The van der Waals surface area contributed by atoms with Crippen LogP contribution in [0.4, 0.5) is 0 Å². The van der Waals surface area contributed by atoms with Gasteiger partial charge < -0.3 is 0 Å². The van der Waals surface area contributed by atoms with Crippen LogP contribution in [-0.4, -0.2) is 15.6 Å². The standard InChI is InChI=1S/C16H26N2O/c1-4-12-8-7-9-13(10-12)16(19)15-11-14(5-2)17-18(15)6-3/h11-13H,4-10H2,1-3H3. The molecule has 1 fully saturated rings. The van der Waals surface area contributed by atoms with Crippen molar-refractivity contribution in [3.8, 4) is 0 Å². The number of aromatic nitrogens is 2. The van der Waals surface area contributed by atoms with Gasteiger partial charge in [0.05, 0.1) is 5.69 Å². The summed E-state index contributed by atoms with van der Waals surface area (Å²) in [4.78, 5) is 12.7. The Kier molecular flexibility index (Phi) is 4.78. The lowest BCUT2D eigenvalue weighted by atomic mass is 9.77. The Morgan fingerprint density at radius 3 is 2.79 bits per heavy atom. The predicted octanol–water partition coefficient (Wildman–Crippen LogP) is 3.86. The molecule has 1 aliphatic carbocycles. The second kappa shape index (κ2) is 6.36. The number of carbonyl (C=O) groups is 1. The van der Waals surface area contributed by atoms with Crippen molar-refractivity contribution in [2.75, 3.05) is 0 Å². The van der Waals surface area contributed by atoms with E-state index in [4.69, 9.17) is 0 Å². The van der Waals surface area contributed by atoms with Gasteiger partial charge in [-0.2, -0.15) is 5.10 Å². The van der Waals surface area contributed by atoms with Gasteiger partial charge in [-0.1, -0.05) is 33.1 Å². The second-order valence-electron chi connectivity index (χ2n) is 5.69. The lowest BCUT2D eigenvalue weighted by molar-refractivity contribution is 0.0850. The van der Waals surface area contributed by atoms with Crippen LogP contribution in [0.5, 0.6) is 0 Å². The van der Waals surface area contributed by atoms with Gasteiger partial charge in [-0.05, 0) is 38.2 Å². The molecule has 2 atom stereocenters. The minimum absolute atomic E-state index is 0.227. The van der Waals surface area contributed by atoms with E-state index < -0.39 is 0 Å². The molecule has 1 aromatic rings. The average Bonchev–Trinajstić information content (AvgIpc) is 2.89. The molecule has 1 saturated carbocycles. The van der Waals surface area contributed by atoms with Gasteiger partial charge in [-0.25, -0.2) is 0 Å². The van der Waals surface area contributed by atoms with E-state index in [9.17, 15) is 4.79 Å². The molecule has 2 rings (SSSR count). The van der Waals surface area contributed by atoms with Crippen LogP contribution in [0.15, 0.2) is 6.07 Å². The van der Waals surface area contributed by atoms with Crippen LogP contribution in [0.1, 0.15) is 69.1 Å². The predicted molar refractivity (Wildman–Crippen MR) is 77.3 cm³/mol. The van der Waals surface area contributed by atoms with Crippen LogP contribution in [-0.2, 0) is 13.0 Å². The van der Waals surface area contributed by atoms with E-state index in [2.05, 4.69) is 25.9 Å². The van der Waals surface area contributed by atoms with Crippen LogP contribution in [0.3, 0.4) is 0 Å². The maximum atomic E-state index is 12.7. The third kappa shape index (κ3) is 3.07. The molecule has 3 heteroatoms. The Balaban J connectivity index is 2.16. The lowest BCUT2D eigenvalue weighted by Gasteiger charge is -2.27. The van der Waals surface area contributed by atoms with Gasteiger partial charge in [0.15, 0.2) is 5.78 Å². The van der Waals surface area contributed by atoms with Gasteiger partial charge in [0.25, 0.3) is 0 Å². The van der Waals surface area contributed by atoms with Gasteiger partial charge in [0.1, 0.15) is 5.69 Å². The minimum Gasteiger partial charge on any atom is -0.292 e. The Labute approximate surface area is 116 Å². The molecular weight excluding hydrogens is 236 g/mol. The van der Waals surface area contributed by atoms with E-state index in [0.29, 0.717) is 5.78 Å². The van der Waals surface area contributed by atoms with E-state index >= 15 is 0 Å². The molecule has 1 heterocycles. The highest BCUT2D eigenvalue weighted by Crippen LogP contribution is 2.33. The van der Waals surface area contributed by atoms with Crippen LogP contribution in [0.2, 0.25) is 0 Å². The van der Waals surface area contributed by atoms with Crippen molar-refractivity contribution < 1.29 is 4.79 Å². The number of hydrogen-bond acceptors (Lipinski definition) is 2. The second-order valence-corrected chi connectivity index (χ2v) is 5.69. The fraction of sp³-hybridized carbons (Fsp3) is 0.750. The average molecular weight is 262 g/mol. The molecule has 2 unspecified atom stereocenters. The molecule has 0 spiro atoms. The molecule has 0 bridgehead atoms. The Bertz CT molecular complexity index is 436. The molecule has 0 radical (unpaired) electrons. The summed E-state index contributed by atoms with van der Waals surface area (Å²) in [5.74, 6) is 1.30. The fourth-order valence-electron chi connectivity index (χ4n) is 3.19. The molecular formula is C16H26N2O. The number of rotatable bonds is 5. The van der Waals surface area contributed by atoms with Crippen LogP contribution >= 0.6 is 0 Å². The van der Waals surface area contributed by atoms with E-state index in [0.717, 1.165) is 43.1 Å². The van der Waals surface area contributed by atoms with E-state index in [1.807, 2.05) is 10.7 Å². The number of ketones is 1. The number of Topliss-reactive ketones (excluding diaryl/α,β-unsaturated/α-hetero) is 1. The number of nitrogens with zero attached hydrogens (tertiary/aromatic N) is 2. The molecule has 0 aromatic carbocycles. The van der Waals surface area contributed by atoms with Crippen molar-refractivity contribution in [3.63, 3.8) is 0 Å². The van der Waals surface area contributed by atoms with Crippen molar-refractivity contribution in [3.05, 3.63) is 17.5 Å². The number of aryl methyl sites for hydroxylation is 2. The third-order valence-corrected chi connectivity index (χ3v) is 4.48. The molecule has 19 heavy (non-hydrogen) atoms. The van der Waals surface area contributed by atoms with Gasteiger partial charge in [0, 0.05) is 12.5 Å². The summed E-state index contributed by atoms with van der Waals surface area (Å²) < 4.78 is 1.89. The summed E-state index contributed by atoms with van der Waals surface area (Å²) >= 11 is 0. The molecule has 0 N–H and O–H groups in total. The molecule has 0 saturated heterocycles. The first-order valence-electron chi connectivity index (χ1n) is 7.80. The fourth-order valence-corrected chi connectivity index (χ4v) is 3.19. The van der Waals surface area contributed by atoms with Crippen LogP contribution in [0.25, 0.3) is 0 Å².